The van der Waals surface area contributed by atoms with Crippen LogP contribution >= 0.6 is 23.1 Å². The van der Waals surface area contributed by atoms with Crippen LogP contribution in [0.25, 0.3) is 0 Å². The molecule has 7 nitrogen and oxygen atoms in total. The first kappa shape index (κ1) is 22.2. The zero-order chi connectivity index (χ0) is 21.8. The number of amides is 1. The van der Waals surface area contributed by atoms with E-state index in [9.17, 15) is 14.9 Å². The number of aromatic nitrogens is 2. The normalized spacial score (nSPS) is 15.2. The molecule has 2 aromatic rings. The first-order chi connectivity index (χ1) is 14.3. The van der Waals surface area contributed by atoms with Crippen molar-refractivity contribution >= 4 is 40.0 Å². The number of nitrogens with zero attached hydrogens (tertiary/aromatic N) is 3. The van der Waals surface area contributed by atoms with Crippen LogP contribution in [0.5, 0.6) is 0 Å². The van der Waals surface area contributed by atoms with Gasteiger partial charge in [-0.15, -0.1) is 11.3 Å². The molecule has 2 heterocycles. The van der Waals surface area contributed by atoms with Crippen molar-refractivity contribution in [2.24, 2.45) is 5.92 Å². The van der Waals surface area contributed by atoms with Crippen LogP contribution in [-0.2, 0) is 22.4 Å². The molecule has 0 radical (unpaired) electrons. The number of rotatable bonds is 6. The van der Waals surface area contributed by atoms with Gasteiger partial charge in [-0.25, -0.2) is 14.8 Å². The lowest BCUT2D eigenvalue weighted by Crippen LogP contribution is -2.18. The average molecular weight is 445 g/mol. The Morgan fingerprint density at radius 1 is 1.37 bits per heavy atom. The molecular formula is C21H24N4O3S2. The van der Waals surface area contributed by atoms with Crippen molar-refractivity contribution in [3.8, 4) is 6.07 Å². The summed E-state index contributed by atoms with van der Waals surface area (Å²) in [7, 11) is 0. The second kappa shape index (κ2) is 9.58. The number of anilines is 1. The number of ether oxygens (including phenoxy) is 1. The van der Waals surface area contributed by atoms with Crippen LogP contribution in [0.15, 0.2) is 5.03 Å². The maximum atomic E-state index is 12.7. The number of carbonyl (C=O) groups is 2. The zero-order valence-corrected chi connectivity index (χ0v) is 19.1. The van der Waals surface area contributed by atoms with Crippen LogP contribution in [0, 0.1) is 31.1 Å². The second-order valence-corrected chi connectivity index (χ2v) is 9.33. The topological polar surface area (TPSA) is 105 Å². The number of nitriles is 1. The number of thioether (sulfide) groups is 1. The van der Waals surface area contributed by atoms with Crippen LogP contribution in [0.3, 0.4) is 0 Å². The monoisotopic (exact) mass is 444 g/mol. The van der Waals surface area contributed by atoms with Gasteiger partial charge < -0.3 is 10.1 Å². The zero-order valence-electron chi connectivity index (χ0n) is 17.5. The van der Waals surface area contributed by atoms with Crippen LogP contribution < -0.4 is 5.32 Å². The Balaban J connectivity index is 1.79. The van der Waals surface area contributed by atoms with Gasteiger partial charge in [0.15, 0.2) is 0 Å². The lowest BCUT2D eigenvalue weighted by Gasteiger charge is -2.18. The predicted octanol–water partition coefficient (Wildman–Crippen LogP) is 4.06. The molecule has 0 spiro atoms. The highest BCUT2D eigenvalue weighted by Gasteiger charge is 2.29. The molecule has 2 aromatic heterocycles. The van der Waals surface area contributed by atoms with E-state index in [4.69, 9.17) is 4.74 Å². The predicted molar refractivity (Wildman–Crippen MR) is 117 cm³/mol. The second-order valence-electron chi connectivity index (χ2n) is 7.26. The van der Waals surface area contributed by atoms with Crippen molar-refractivity contribution in [3.05, 3.63) is 33.1 Å². The number of hydrogen-bond acceptors (Lipinski definition) is 8. The molecule has 0 aliphatic heterocycles. The van der Waals surface area contributed by atoms with E-state index in [1.54, 1.807) is 20.8 Å². The van der Waals surface area contributed by atoms with Gasteiger partial charge >= 0.3 is 5.97 Å². The third-order valence-electron chi connectivity index (χ3n) is 4.86. The summed E-state index contributed by atoms with van der Waals surface area (Å²) in [5.41, 5.74) is 2.48. The van der Waals surface area contributed by atoms with E-state index < -0.39 is 0 Å². The molecule has 30 heavy (non-hydrogen) atoms. The fourth-order valence-corrected chi connectivity index (χ4v) is 5.76. The fourth-order valence-electron chi connectivity index (χ4n) is 3.47. The molecule has 1 atom stereocenters. The van der Waals surface area contributed by atoms with Crippen molar-refractivity contribution in [1.29, 1.82) is 5.26 Å². The Kier molecular flexibility index (Phi) is 7.10. The molecule has 1 amide bonds. The minimum Gasteiger partial charge on any atom is -0.462 e. The van der Waals surface area contributed by atoms with E-state index >= 15 is 0 Å². The first-order valence-electron chi connectivity index (χ1n) is 9.83. The highest BCUT2D eigenvalue weighted by atomic mass is 32.2. The van der Waals surface area contributed by atoms with Crippen molar-refractivity contribution in [3.63, 3.8) is 0 Å². The molecule has 9 heteroatoms. The average Bonchev–Trinajstić information content (AvgIpc) is 3.02. The number of fused-ring (bicyclic) bond motifs is 1. The minimum absolute atomic E-state index is 0.0752. The van der Waals surface area contributed by atoms with Crippen LogP contribution in [0.4, 0.5) is 5.00 Å². The maximum absolute atomic E-state index is 12.7. The van der Waals surface area contributed by atoms with E-state index in [0.717, 1.165) is 29.7 Å². The van der Waals surface area contributed by atoms with Crippen molar-refractivity contribution in [1.82, 2.24) is 9.97 Å². The number of thiophene rings is 1. The van der Waals surface area contributed by atoms with Gasteiger partial charge in [0.05, 0.1) is 23.6 Å². The third-order valence-corrected chi connectivity index (χ3v) is 7.01. The molecular weight excluding hydrogens is 420 g/mol. The Morgan fingerprint density at radius 2 is 2.13 bits per heavy atom. The van der Waals surface area contributed by atoms with E-state index in [2.05, 4.69) is 28.3 Å². The van der Waals surface area contributed by atoms with Crippen LogP contribution in [-0.4, -0.2) is 34.2 Å². The highest BCUT2D eigenvalue weighted by molar-refractivity contribution is 8.00. The largest absolute Gasteiger partial charge is 0.462 e. The number of esters is 1. The molecule has 158 valence electrons. The molecule has 1 N–H and O–H groups in total. The van der Waals surface area contributed by atoms with E-state index in [1.807, 2.05) is 0 Å². The Bertz CT molecular complexity index is 1030. The van der Waals surface area contributed by atoms with E-state index in [-0.39, 0.29) is 24.2 Å². The maximum Gasteiger partial charge on any atom is 0.341 e. The van der Waals surface area contributed by atoms with Crippen molar-refractivity contribution < 1.29 is 14.3 Å². The number of carbonyl (C=O) groups excluding carboxylic acids is 2. The summed E-state index contributed by atoms with van der Waals surface area (Å²) in [6.45, 7) is 7.75. The van der Waals surface area contributed by atoms with Crippen LogP contribution in [0.2, 0.25) is 0 Å². The molecule has 0 saturated carbocycles. The fraction of sp³-hybridized carbons (Fsp3) is 0.476. The molecule has 0 fully saturated rings. The van der Waals surface area contributed by atoms with Crippen molar-refractivity contribution in [2.75, 3.05) is 17.7 Å². The summed E-state index contributed by atoms with van der Waals surface area (Å²) < 4.78 is 5.25. The Labute approximate surface area is 184 Å². The molecule has 0 bridgehead atoms. The van der Waals surface area contributed by atoms with E-state index in [1.165, 1.54) is 23.1 Å². The molecule has 1 unspecified atom stereocenters. The molecule has 1 aliphatic rings. The van der Waals surface area contributed by atoms with Gasteiger partial charge in [0.2, 0.25) is 5.91 Å². The summed E-state index contributed by atoms with van der Waals surface area (Å²) in [6.07, 6.45) is 2.74. The Morgan fingerprint density at radius 3 is 2.83 bits per heavy atom. The Hall–Kier alpha value is -2.44. The SMILES string of the molecule is CCOC(=O)c1c(NC(=O)CSc2nc(C)nc(C)c2C#N)sc2c1CCC(C)C2. The van der Waals surface area contributed by atoms with Gasteiger partial charge in [-0.2, -0.15) is 5.26 Å². The van der Waals surface area contributed by atoms with Crippen LogP contribution in [0.1, 0.15) is 58.1 Å². The molecule has 3 rings (SSSR count). The summed E-state index contributed by atoms with van der Waals surface area (Å²) in [5, 5.41) is 13.3. The smallest absolute Gasteiger partial charge is 0.341 e. The number of nitrogens with one attached hydrogen (secondary N) is 1. The number of aryl methyl sites for hydroxylation is 2. The van der Waals surface area contributed by atoms with Gasteiger partial charge in [0.25, 0.3) is 0 Å². The lowest BCUT2D eigenvalue weighted by molar-refractivity contribution is -0.113. The van der Waals surface area contributed by atoms with Gasteiger partial charge in [-0.3, -0.25) is 4.79 Å². The quantitative estimate of drug-likeness (QED) is 0.407. The van der Waals surface area contributed by atoms with Gasteiger partial charge in [0.1, 0.15) is 27.5 Å². The molecule has 1 aliphatic carbocycles. The molecule has 0 saturated heterocycles. The standard InChI is InChI=1S/C21H24N4O3S2/c1-5-28-21(27)18-14-7-6-11(2)8-16(14)30-20(18)25-17(26)10-29-19-15(9-22)12(3)23-13(4)24-19/h11H,5-8,10H2,1-4H3,(H,25,26). The van der Waals surface area contributed by atoms with Crippen molar-refractivity contribution in [2.45, 2.75) is 52.0 Å². The highest BCUT2D eigenvalue weighted by Crippen LogP contribution is 2.40. The van der Waals surface area contributed by atoms with Gasteiger partial charge in [-0.05, 0) is 51.5 Å². The summed E-state index contributed by atoms with van der Waals surface area (Å²) >= 11 is 2.65. The first-order valence-corrected chi connectivity index (χ1v) is 11.6. The summed E-state index contributed by atoms with van der Waals surface area (Å²) in [5.74, 6) is 0.542. The molecule has 0 aromatic carbocycles. The van der Waals surface area contributed by atoms with E-state index in [0.29, 0.717) is 38.6 Å². The summed E-state index contributed by atoms with van der Waals surface area (Å²) in [6, 6.07) is 2.10. The van der Waals surface area contributed by atoms with Gasteiger partial charge in [-0.1, -0.05) is 18.7 Å². The third kappa shape index (κ3) is 4.82. The lowest BCUT2D eigenvalue weighted by atomic mass is 9.88. The van der Waals surface area contributed by atoms with Gasteiger partial charge in [0, 0.05) is 4.88 Å². The number of hydrogen-bond donors (Lipinski definition) is 1. The minimum atomic E-state index is -0.388. The summed E-state index contributed by atoms with van der Waals surface area (Å²) in [4.78, 5) is 34.9.